The Morgan fingerprint density at radius 1 is 1.10 bits per heavy atom. The lowest BCUT2D eigenvalue weighted by atomic mass is 9.68. The second kappa shape index (κ2) is 7.07. The van der Waals surface area contributed by atoms with E-state index in [0.717, 1.165) is 6.42 Å². The first-order valence-corrected chi connectivity index (χ1v) is 7.39. The molecule has 0 heterocycles. The summed E-state index contributed by atoms with van der Waals surface area (Å²) in [4.78, 5) is 24.2. The number of ether oxygens (including phenoxy) is 2. The molecule has 1 fully saturated rings. The summed E-state index contributed by atoms with van der Waals surface area (Å²) in [6.45, 7) is 7.75. The summed E-state index contributed by atoms with van der Waals surface area (Å²) in [7, 11) is 0. The van der Waals surface area contributed by atoms with E-state index in [9.17, 15) is 14.7 Å². The number of rotatable bonds is 5. The molecule has 0 aromatic carbocycles. The van der Waals surface area contributed by atoms with Gasteiger partial charge in [-0.25, -0.2) is 0 Å². The van der Waals surface area contributed by atoms with Crippen LogP contribution in [0.1, 0.15) is 47.0 Å². The van der Waals surface area contributed by atoms with Crippen LogP contribution in [-0.2, 0) is 19.1 Å². The third-order valence-electron chi connectivity index (χ3n) is 3.79. The Hall–Kier alpha value is -1.10. The molecule has 1 rings (SSSR count). The SMILES string of the molecule is CCOC(=O)C(C(=O)OCC)C1(O)CC(C)CC(C)C1. The fourth-order valence-electron chi connectivity index (χ4n) is 3.37. The Morgan fingerprint density at radius 2 is 1.50 bits per heavy atom. The summed E-state index contributed by atoms with van der Waals surface area (Å²) in [5.74, 6) is -2.10. The molecular formula is C15H26O5. The van der Waals surface area contributed by atoms with E-state index < -0.39 is 23.5 Å². The molecule has 1 aliphatic carbocycles. The minimum Gasteiger partial charge on any atom is -0.465 e. The first-order chi connectivity index (χ1) is 9.34. The van der Waals surface area contributed by atoms with Crippen LogP contribution in [0.25, 0.3) is 0 Å². The molecule has 0 radical (unpaired) electrons. The highest BCUT2D eigenvalue weighted by molar-refractivity contribution is 5.96. The molecule has 0 aromatic rings. The Kier molecular flexibility index (Phi) is 5.99. The molecule has 5 heteroatoms. The maximum absolute atomic E-state index is 12.1. The number of hydrogen-bond acceptors (Lipinski definition) is 5. The van der Waals surface area contributed by atoms with Crippen LogP contribution in [0.5, 0.6) is 0 Å². The van der Waals surface area contributed by atoms with E-state index in [-0.39, 0.29) is 25.0 Å². The van der Waals surface area contributed by atoms with Gasteiger partial charge in [0.15, 0.2) is 5.92 Å². The van der Waals surface area contributed by atoms with Crippen LogP contribution in [-0.4, -0.2) is 35.9 Å². The lowest BCUT2D eigenvalue weighted by Crippen LogP contribution is -2.52. The maximum atomic E-state index is 12.1. The van der Waals surface area contributed by atoms with Gasteiger partial charge in [0.2, 0.25) is 0 Å². The summed E-state index contributed by atoms with van der Waals surface area (Å²) in [6, 6.07) is 0. The molecule has 0 aliphatic heterocycles. The predicted octanol–water partition coefficient (Wildman–Crippen LogP) is 1.92. The molecule has 2 atom stereocenters. The average molecular weight is 286 g/mol. The van der Waals surface area contributed by atoms with Crippen LogP contribution >= 0.6 is 0 Å². The fourth-order valence-corrected chi connectivity index (χ4v) is 3.37. The van der Waals surface area contributed by atoms with E-state index in [0.29, 0.717) is 12.8 Å². The van der Waals surface area contributed by atoms with Crippen LogP contribution in [0.4, 0.5) is 0 Å². The largest absolute Gasteiger partial charge is 0.465 e. The molecule has 2 unspecified atom stereocenters. The Balaban J connectivity index is 3.01. The van der Waals surface area contributed by atoms with Gasteiger partial charge in [-0.15, -0.1) is 0 Å². The van der Waals surface area contributed by atoms with Crippen molar-refractivity contribution in [1.29, 1.82) is 0 Å². The number of carbonyl (C=O) groups is 2. The Bertz CT molecular complexity index is 324. The molecule has 116 valence electrons. The third kappa shape index (κ3) is 3.95. The predicted molar refractivity (Wildman–Crippen MR) is 73.9 cm³/mol. The van der Waals surface area contributed by atoms with E-state index >= 15 is 0 Å². The summed E-state index contributed by atoms with van der Waals surface area (Å²) in [5, 5.41) is 10.9. The smallest absolute Gasteiger partial charge is 0.323 e. The zero-order chi connectivity index (χ0) is 15.3. The second-order valence-corrected chi connectivity index (χ2v) is 5.89. The van der Waals surface area contributed by atoms with Crippen molar-refractivity contribution in [2.75, 3.05) is 13.2 Å². The highest BCUT2D eigenvalue weighted by atomic mass is 16.6. The van der Waals surface area contributed by atoms with Gasteiger partial charge in [0.05, 0.1) is 18.8 Å². The van der Waals surface area contributed by atoms with Crippen LogP contribution in [0.3, 0.4) is 0 Å². The van der Waals surface area contributed by atoms with Gasteiger partial charge in [-0.3, -0.25) is 9.59 Å². The summed E-state index contributed by atoms with van der Waals surface area (Å²) in [6.07, 6.45) is 1.82. The van der Waals surface area contributed by atoms with Crippen molar-refractivity contribution < 1.29 is 24.2 Å². The van der Waals surface area contributed by atoms with Crippen LogP contribution in [0, 0.1) is 17.8 Å². The minimum absolute atomic E-state index is 0.177. The normalized spacial score (nSPS) is 30.1. The van der Waals surface area contributed by atoms with E-state index in [4.69, 9.17) is 9.47 Å². The fraction of sp³-hybridized carbons (Fsp3) is 0.867. The average Bonchev–Trinajstić information content (AvgIpc) is 2.26. The van der Waals surface area contributed by atoms with Crippen molar-refractivity contribution in [2.45, 2.75) is 52.6 Å². The molecular weight excluding hydrogens is 260 g/mol. The van der Waals surface area contributed by atoms with Gasteiger partial charge in [-0.2, -0.15) is 0 Å². The zero-order valence-corrected chi connectivity index (χ0v) is 12.8. The Morgan fingerprint density at radius 3 is 1.85 bits per heavy atom. The molecule has 0 spiro atoms. The maximum Gasteiger partial charge on any atom is 0.323 e. The summed E-state index contributed by atoms with van der Waals surface area (Å²) in [5.41, 5.74) is -1.37. The highest BCUT2D eigenvalue weighted by Gasteiger charge is 2.51. The summed E-state index contributed by atoms with van der Waals surface area (Å²) >= 11 is 0. The van der Waals surface area contributed by atoms with Gasteiger partial charge in [0, 0.05) is 0 Å². The molecule has 1 aliphatic rings. The van der Waals surface area contributed by atoms with E-state index in [2.05, 4.69) is 0 Å². The molecule has 0 aromatic heterocycles. The molecule has 0 bridgehead atoms. The number of hydrogen-bond donors (Lipinski definition) is 1. The van der Waals surface area contributed by atoms with Gasteiger partial charge < -0.3 is 14.6 Å². The van der Waals surface area contributed by atoms with Gasteiger partial charge in [-0.05, 0) is 44.9 Å². The number of esters is 2. The standard InChI is InChI=1S/C15H26O5/c1-5-19-13(16)12(14(17)20-6-2)15(18)8-10(3)7-11(4)9-15/h10-12,18H,5-9H2,1-4H3. The van der Waals surface area contributed by atoms with E-state index in [1.807, 2.05) is 13.8 Å². The first kappa shape index (κ1) is 17.0. The van der Waals surface area contributed by atoms with Crippen molar-refractivity contribution >= 4 is 11.9 Å². The van der Waals surface area contributed by atoms with Gasteiger partial charge in [0.25, 0.3) is 0 Å². The van der Waals surface area contributed by atoms with Gasteiger partial charge in [-0.1, -0.05) is 13.8 Å². The van der Waals surface area contributed by atoms with Crippen molar-refractivity contribution in [3.63, 3.8) is 0 Å². The van der Waals surface area contributed by atoms with E-state index in [1.54, 1.807) is 13.8 Å². The van der Waals surface area contributed by atoms with E-state index in [1.165, 1.54) is 0 Å². The van der Waals surface area contributed by atoms with Crippen LogP contribution < -0.4 is 0 Å². The van der Waals surface area contributed by atoms with Crippen LogP contribution in [0.15, 0.2) is 0 Å². The molecule has 1 N–H and O–H groups in total. The second-order valence-electron chi connectivity index (χ2n) is 5.89. The molecule has 0 amide bonds. The zero-order valence-electron chi connectivity index (χ0n) is 12.8. The number of aliphatic hydroxyl groups is 1. The van der Waals surface area contributed by atoms with Crippen molar-refractivity contribution in [2.24, 2.45) is 17.8 Å². The molecule has 1 saturated carbocycles. The van der Waals surface area contributed by atoms with Crippen molar-refractivity contribution in [3.05, 3.63) is 0 Å². The lowest BCUT2D eigenvalue weighted by molar-refractivity contribution is -0.180. The highest BCUT2D eigenvalue weighted by Crippen LogP contribution is 2.41. The quantitative estimate of drug-likeness (QED) is 0.617. The molecule has 0 saturated heterocycles. The summed E-state index contributed by atoms with van der Waals surface area (Å²) < 4.78 is 9.92. The molecule has 20 heavy (non-hydrogen) atoms. The van der Waals surface area contributed by atoms with Crippen LogP contribution in [0.2, 0.25) is 0 Å². The minimum atomic E-state index is -1.37. The topological polar surface area (TPSA) is 72.8 Å². The van der Waals surface area contributed by atoms with Crippen molar-refractivity contribution in [1.82, 2.24) is 0 Å². The third-order valence-corrected chi connectivity index (χ3v) is 3.79. The van der Waals surface area contributed by atoms with Gasteiger partial charge >= 0.3 is 11.9 Å². The lowest BCUT2D eigenvalue weighted by Gasteiger charge is -2.41. The monoisotopic (exact) mass is 286 g/mol. The van der Waals surface area contributed by atoms with Crippen molar-refractivity contribution in [3.8, 4) is 0 Å². The molecule has 5 nitrogen and oxygen atoms in total. The van der Waals surface area contributed by atoms with Gasteiger partial charge in [0.1, 0.15) is 0 Å². The Labute approximate surface area is 120 Å². The number of carbonyl (C=O) groups excluding carboxylic acids is 2. The first-order valence-electron chi connectivity index (χ1n) is 7.39.